The molecule has 1 aromatic heterocycles. The van der Waals surface area contributed by atoms with E-state index < -0.39 is 0 Å². The quantitative estimate of drug-likeness (QED) is 0.821. The van der Waals surface area contributed by atoms with Crippen molar-refractivity contribution in [1.82, 2.24) is 4.98 Å². The van der Waals surface area contributed by atoms with Gasteiger partial charge in [-0.05, 0) is 37.3 Å². The molecule has 1 atom stereocenters. The molecule has 1 aliphatic heterocycles. The third-order valence-electron chi connectivity index (χ3n) is 3.38. The molecule has 0 amide bonds. The zero-order valence-electron chi connectivity index (χ0n) is 10.2. The molecule has 94 valence electrons. The van der Waals surface area contributed by atoms with Crippen molar-refractivity contribution in [3.8, 4) is 0 Å². The number of nitrogens with two attached hydrogens (primary N) is 1. The summed E-state index contributed by atoms with van der Waals surface area (Å²) in [6.07, 6.45) is 3.29. The number of anilines is 1. The lowest BCUT2D eigenvalue weighted by Gasteiger charge is -2.33. The molecule has 1 aliphatic rings. The highest BCUT2D eigenvalue weighted by Crippen LogP contribution is 2.23. The van der Waals surface area contributed by atoms with Gasteiger partial charge in [0.05, 0.1) is 5.69 Å². The van der Waals surface area contributed by atoms with Gasteiger partial charge in [-0.25, -0.2) is 4.98 Å². The first-order valence-electron chi connectivity index (χ1n) is 6.35. The number of nitrogens with zero attached hydrogens (tertiary/aromatic N) is 2. The molecule has 3 N–H and O–H groups in total. The third-order valence-corrected chi connectivity index (χ3v) is 3.38. The topological polar surface area (TPSA) is 62.4 Å². The summed E-state index contributed by atoms with van der Waals surface area (Å²) in [4.78, 5) is 6.86. The minimum atomic E-state index is 0.286. The van der Waals surface area contributed by atoms with Gasteiger partial charge in [-0.3, -0.25) is 0 Å². The third kappa shape index (κ3) is 3.17. The Hall–Kier alpha value is -1.13. The van der Waals surface area contributed by atoms with Crippen LogP contribution in [0.4, 0.5) is 5.82 Å². The molecule has 4 heteroatoms. The highest BCUT2D eigenvalue weighted by Gasteiger charge is 2.20. The van der Waals surface area contributed by atoms with Crippen molar-refractivity contribution in [2.45, 2.75) is 25.8 Å². The molecule has 0 spiro atoms. The monoisotopic (exact) mass is 235 g/mol. The molecule has 0 aromatic carbocycles. The number of aliphatic hydroxyl groups is 1. The zero-order chi connectivity index (χ0) is 12.1. The minimum absolute atomic E-state index is 0.286. The van der Waals surface area contributed by atoms with Gasteiger partial charge in [-0.2, -0.15) is 0 Å². The molecule has 1 fully saturated rings. The lowest BCUT2D eigenvalue weighted by Crippen LogP contribution is -2.36. The van der Waals surface area contributed by atoms with Crippen molar-refractivity contribution in [1.29, 1.82) is 0 Å². The van der Waals surface area contributed by atoms with Gasteiger partial charge >= 0.3 is 0 Å². The van der Waals surface area contributed by atoms with Crippen LogP contribution >= 0.6 is 0 Å². The van der Waals surface area contributed by atoms with Crippen molar-refractivity contribution in [2.75, 3.05) is 24.6 Å². The molecular formula is C13H21N3O. The normalized spacial score (nSPS) is 20.6. The van der Waals surface area contributed by atoms with Gasteiger partial charge in [0, 0.05) is 26.2 Å². The second-order valence-electron chi connectivity index (χ2n) is 4.66. The second-order valence-corrected chi connectivity index (χ2v) is 4.66. The van der Waals surface area contributed by atoms with E-state index in [4.69, 9.17) is 10.8 Å². The van der Waals surface area contributed by atoms with Gasteiger partial charge in [0.15, 0.2) is 0 Å². The van der Waals surface area contributed by atoms with Crippen LogP contribution in [0.1, 0.15) is 25.0 Å². The van der Waals surface area contributed by atoms with E-state index >= 15 is 0 Å². The summed E-state index contributed by atoms with van der Waals surface area (Å²) in [7, 11) is 0. The summed E-state index contributed by atoms with van der Waals surface area (Å²) in [6, 6.07) is 6.01. The second kappa shape index (κ2) is 5.98. The SMILES string of the molecule is NCc1cccc(N2CCCC(CCO)C2)n1. The molecule has 1 saturated heterocycles. The van der Waals surface area contributed by atoms with Crippen molar-refractivity contribution in [2.24, 2.45) is 11.7 Å². The molecule has 2 heterocycles. The molecule has 0 saturated carbocycles. The largest absolute Gasteiger partial charge is 0.396 e. The van der Waals surface area contributed by atoms with Crippen LogP contribution in [0.25, 0.3) is 0 Å². The molecule has 1 aromatic rings. The van der Waals surface area contributed by atoms with Crippen LogP contribution in [-0.4, -0.2) is 29.8 Å². The van der Waals surface area contributed by atoms with Crippen molar-refractivity contribution >= 4 is 5.82 Å². The average Bonchev–Trinajstić information content (AvgIpc) is 2.40. The van der Waals surface area contributed by atoms with E-state index in [2.05, 4.69) is 9.88 Å². The Labute approximate surface area is 102 Å². The highest BCUT2D eigenvalue weighted by molar-refractivity contribution is 5.39. The van der Waals surface area contributed by atoms with Crippen LogP contribution in [-0.2, 0) is 6.54 Å². The number of hydrogen-bond acceptors (Lipinski definition) is 4. The number of piperidine rings is 1. The summed E-state index contributed by atoms with van der Waals surface area (Å²) < 4.78 is 0. The van der Waals surface area contributed by atoms with Crippen LogP contribution in [0.2, 0.25) is 0 Å². The van der Waals surface area contributed by atoms with Gasteiger partial charge < -0.3 is 15.7 Å². The van der Waals surface area contributed by atoms with E-state index in [-0.39, 0.29) is 6.61 Å². The van der Waals surface area contributed by atoms with E-state index in [0.717, 1.165) is 31.0 Å². The number of aliphatic hydroxyl groups excluding tert-OH is 1. The van der Waals surface area contributed by atoms with Crippen molar-refractivity contribution < 1.29 is 5.11 Å². The van der Waals surface area contributed by atoms with Crippen LogP contribution in [0, 0.1) is 5.92 Å². The molecule has 2 rings (SSSR count). The van der Waals surface area contributed by atoms with Crippen molar-refractivity contribution in [3.05, 3.63) is 23.9 Å². The van der Waals surface area contributed by atoms with Gasteiger partial charge in [0.2, 0.25) is 0 Å². The summed E-state index contributed by atoms with van der Waals surface area (Å²) in [5.41, 5.74) is 6.55. The van der Waals surface area contributed by atoms with Gasteiger partial charge in [0.25, 0.3) is 0 Å². The molecular weight excluding hydrogens is 214 g/mol. The summed E-state index contributed by atoms with van der Waals surface area (Å²) >= 11 is 0. The summed E-state index contributed by atoms with van der Waals surface area (Å²) in [6.45, 7) is 2.83. The van der Waals surface area contributed by atoms with Crippen molar-refractivity contribution in [3.63, 3.8) is 0 Å². The predicted molar refractivity (Wildman–Crippen MR) is 68.8 cm³/mol. The lowest BCUT2D eigenvalue weighted by molar-refractivity contribution is 0.244. The maximum absolute atomic E-state index is 9.01. The molecule has 1 unspecified atom stereocenters. The van der Waals surface area contributed by atoms with Gasteiger partial charge in [-0.1, -0.05) is 6.07 Å². The molecule has 0 aliphatic carbocycles. The zero-order valence-corrected chi connectivity index (χ0v) is 10.2. The number of pyridine rings is 1. The fraction of sp³-hybridized carbons (Fsp3) is 0.615. The average molecular weight is 235 g/mol. The summed E-state index contributed by atoms with van der Waals surface area (Å²) in [5.74, 6) is 1.62. The molecule has 4 nitrogen and oxygen atoms in total. The Kier molecular flexibility index (Phi) is 4.34. The van der Waals surface area contributed by atoms with Crippen LogP contribution < -0.4 is 10.6 Å². The summed E-state index contributed by atoms with van der Waals surface area (Å²) in [5, 5.41) is 9.01. The van der Waals surface area contributed by atoms with Gasteiger partial charge in [0.1, 0.15) is 5.82 Å². The van der Waals surface area contributed by atoms with E-state index in [1.54, 1.807) is 0 Å². The van der Waals surface area contributed by atoms with E-state index in [0.29, 0.717) is 12.5 Å². The van der Waals surface area contributed by atoms with E-state index in [1.165, 1.54) is 12.8 Å². The first-order chi connectivity index (χ1) is 8.33. The standard InChI is InChI=1S/C13H21N3O/c14-9-12-4-1-5-13(15-12)16-7-2-3-11(10-16)6-8-17/h1,4-5,11,17H,2-3,6-10,14H2. The Morgan fingerprint density at radius 3 is 3.12 bits per heavy atom. The highest BCUT2D eigenvalue weighted by atomic mass is 16.3. The van der Waals surface area contributed by atoms with E-state index in [9.17, 15) is 0 Å². The Balaban J connectivity index is 2.05. The first-order valence-corrected chi connectivity index (χ1v) is 6.35. The minimum Gasteiger partial charge on any atom is -0.396 e. The van der Waals surface area contributed by atoms with Crippen LogP contribution in [0.3, 0.4) is 0 Å². The predicted octanol–water partition coefficient (Wildman–Crippen LogP) is 1.14. The number of aromatic nitrogens is 1. The van der Waals surface area contributed by atoms with Crippen LogP contribution in [0.5, 0.6) is 0 Å². The maximum Gasteiger partial charge on any atom is 0.128 e. The first kappa shape index (κ1) is 12.3. The Morgan fingerprint density at radius 1 is 1.47 bits per heavy atom. The Bertz CT molecular complexity index is 354. The Morgan fingerprint density at radius 2 is 2.35 bits per heavy atom. The number of hydrogen-bond donors (Lipinski definition) is 2. The lowest BCUT2D eigenvalue weighted by atomic mass is 9.95. The molecule has 0 radical (unpaired) electrons. The molecule has 0 bridgehead atoms. The van der Waals surface area contributed by atoms with Crippen LogP contribution in [0.15, 0.2) is 18.2 Å². The number of rotatable bonds is 4. The fourth-order valence-corrected chi connectivity index (χ4v) is 2.45. The maximum atomic E-state index is 9.01. The smallest absolute Gasteiger partial charge is 0.128 e. The van der Waals surface area contributed by atoms with E-state index in [1.807, 2.05) is 18.2 Å². The fourth-order valence-electron chi connectivity index (χ4n) is 2.45. The van der Waals surface area contributed by atoms with Gasteiger partial charge in [-0.15, -0.1) is 0 Å². The molecule has 17 heavy (non-hydrogen) atoms.